The summed E-state index contributed by atoms with van der Waals surface area (Å²) in [5.41, 5.74) is 1.18. The van der Waals surface area contributed by atoms with Gasteiger partial charge >= 0.3 is 0 Å². The minimum Gasteiger partial charge on any atom is -0.396 e. The molecule has 2 N–H and O–H groups in total. The van der Waals surface area contributed by atoms with Crippen LogP contribution in [0.15, 0.2) is 30.3 Å². The minimum absolute atomic E-state index is 0.130. The molecule has 3 heteroatoms. The van der Waals surface area contributed by atoms with Crippen LogP contribution < -0.4 is 5.32 Å². The first kappa shape index (κ1) is 18.4. The second-order valence-electron chi connectivity index (χ2n) is 8.13. The second kappa shape index (κ2) is 7.78. The van der Waals surface area contributed by atoms with E-state index in [0.717, 1.165) is 13.1 Å². The average molecular weight is 319 g/mol. The lowest BCUT2D eigenvalue weighted by atomic mass is 9.75. The van der Waals surface area contributed by atoms with E-state index in [2.05, 4.69) is 75.3 Å². The lowest BCUT2D eigenvalue weighted by Crippen LogP contribution is -2.52. The van der Waals surface area contributed by atoms with E-state index in [9.17, 15) is 5.11 Å². The van der Waals surface area contributed by atoms with Gasteiger partial charge in [0.25, 0.3) is 0 Å². The van der Waals surface area contributed by atoms with Crippen LogP contribution in [0.2, 0.25) is 0 Å². The Labute approximate surface area is 142 Å². The molecule has 1 aliphatic heterocycles. The summed E-state index contributed by atoms with van der Waals surface area (Å²) in [4.78, 5) is 2.45. The molecular formula is C20H34N2O. The zero-order valence-corrected chi connectivity index (χ0v) is 15.4. The van der Waals surface area contributed by atoms with Crippen molar-refractivity contribution in [1.29, 1.82) is 0 Å². The zero-order valence-electron chi connectivity index (χ0n) is 15.4. The quantitative estimate of drug-likeness (QED) is 0.846. The molecule has 2 rings (SSSR count). The topological polar surface area (TPSA) is 35.5 Å². The number of aliphatic hydroxyl groups excluding tert-OH is 1. The number of nitrogens with one attached hydrogen (secondary N) is 1. The first-order valence-electron chi connectivity index (χ1n) is 8.94. The fourth-order valence-corrected chi connectivity index (χ4v) is 3.74. The normalized spacial score (nSPS) is 27.8. The lowest BCUT2D eigenvalue weighted by molar-refractivity contribution is 0.104. The number of aliphatic hydroxyl groups is 1. The van der Waals surface area contributed by atoms with Crippen molar-refractivity contribution in [3.63, 3.8) is 0 Å². The third-order valence-corrected chi connectivity index (χ3v) is 5.75. The highest BCUT2D eigenvalue weighted by molar-refractivity contribution is 5.22. The Morgan fingerprint density at radius 2 is 1.91 bits per heavy atom. The van der Waals surface area contributed by atoms with Gasteiger partial charge in [-0.05, 0) is 37.3 Å². The van der Waals surface area contributed by atoms with Crippen molar-refractivity contribution in [3.05, 3.63) is 35.9 Å². The Morgan fingerprint density at radius 1 is 1.26 bits per heavy atom. The predicted octanol–water partition coefficient (Wildman–Crippen LogP) is 3.11. The number of benzene rings is 1. The lowest BCUT2D eigenvalue weighted by Gasteiger charge is -2.42. The molecule has 0 radical (unpaired) electrons. The van der Waals surface area contributed by atoms with Crippen molar-refractivity contribution in [2.45, 2.75) is 52.1 Å². The number of hydrogen-bond donors (Lipinski definition) is 2. The zero-order chi connectivity index (χ0) is 17.0. The number of rotatable bonds is 6. The van der Waals surface area contributed by atoms with Crippen molar-refractivity contribution in [2.75, 3.05) is 26.7 Å². The fourth-order valence-electron chi connectivity index (χ4n) is 3.74. The van der Waals surface area contributed by atoms with E-state index in [1.807, 2.05) is 0 Å². The van der Waals surface area contributed by atoms with Crippen LogP contribution in [0.4, 0.5) is 0 Å². The molecule has 130 valence electrons. The molecule has 0 spiro atoms. The highest BCUT2D eigenvalue weighted by Crippen LogP contribution is 2.35. The van der Waals surface area contributed by atoms with Crippen molar-refractivity contribution < 1.29 is 5.11 Å². The Kier molecular flexibility index (Phi) is 6.24. The van der Waals surface area contributed by atoms with Gasteiger partial charge in [0, 0.05) is 37.7 Å². The number of likely N-dealkylation sites (tertiary alicyclic amines) is 1. The molecule has 1 heterocycles. The van der Waals surface area contributed by atoms with Crippen LogP contribution in [0.5, 0.6) is 0 Å². The third-order valence-electron chi connectivity index (χ3n) is 5.75. The van der Waals surface area contributed by atoms with Gasteiger partial charge in [0.2, 0.25) is 0 Å². The standard InChI is InChI=1S/C20H34N2O/c1-15-13-22(5)16(2)11-19(15)21-12-18(20(3,4)14-23)17-9-7-6-8-10-17/h6-10,15-16,18-19,21,23H,11-14H2,1-5H3/t15-,16-,18+,19+/m1/s1. The van der Waals surface area contributed by atoms with Crippen LogP contribution in [-0.4, -0.2) is 48.8 Å². The van der Waals surface area contributed by atoms with Crippen LogP contribution in [0.3, 0.4) is 0 Å². The van der Waals surface area contributed by atoms with Crippen LogP contribution in [0.1, 0.15) is 45.6 Å². The van der Waals surface area contributed by atoms with Gasteiger partial charge in [-0.2, -0.15) is 0 Å². The van der Waals surface area contributed by atoms with E-state index in [1.165, 1.54) is 12.0 Å². The highest BCUT2D eigenvalue weighted by atomic mass is 16.3. The Morgan fingerprint density at radius 3 is 2.52 bits per heavy atom. The van der Waals surface area contributed by atoms with Crippen molar-refractivity contribution in [1.82, 2.24) is 10.2 Å². The summed E-state index contributed by atoms with van der Waals surface area (Å²) in [6.07, 6.45) is 1.19. The molecule has 0 aromatic heterocycles. The molecule has 0 unspecified atom stereocenters. The molecule has 0 amide bonds. The molecular weight excluding hydrogens is 284 g/mol. The van der Waals surface area contributed by atoms with Crippen LogP contribution in [0, 0.1) is 11.3 Å². The number of nitrogens with zero attached hydrogens (tertiary/aromatic N) is 1. The first-order valence-corrected chi connectivity index (χ1v) is 8.94. The smallest absolute Gasteiger partial charge is 0.0488 e. The molecule has 1 aromatic carbocycles. The first-order chi connectivity index (χ1) is 10.8. The van der Waals surface area contributed by atoms with Gasteiger partial charge in [-0.15, -0.1) is 0 Å². The Hall–Kier alpha value is -0.900. The van der Waals surface area contributed by atoms with E-state index in [0.29, 0.717) is 23.9 Å². The summed E-state index contributed by atoms with van der Waals surface area (Å²) in [6, 6.07) is 11.8. The van der Waals surface area contributed by atoms with Gasteiger partial charge in [0.1, 0.15) is 0 Å². The SMILES string of the molecule is C[C@@H]1CN(C)[C@H](C)C[C@@H]1NC[C@@H](c1ccccc1)C(C)(C)CO. The van der Waals surface area contributed by atoms with Gasteiger partial charge in [0.15, 0.2) is 0 Å². The van der Waals surface area contributed by atoms with Gasteiger partial charge < -0.3 is 15.3 Å². The maximum Gasteiger partial charge on any atom is 0.0488 e. The Bertz CT molecular complexity index is 474. The molecule has 3 nitrogen and oxygen atoms in total. The summed E-state index contributed by atoms with van der Waals surface area (Å²) in [5.74, 6) is 0.973. The summed E-state index contributed by atoms with van der Waals surface area (Å²) < 4.78 is 0. The molecule has 23 heavy (non-hydrogen) atoms. The number of piperidine rings is 1. The van der Waals surface area contributed by atoms with Gasteiger partial charge in [-0.3, -0.25) is 0 Å². The van der Waals surface area contributed by atoms with Gasteiger partial charge in [-0.1, -0.05) is 51.1 Å². The molecule has 1 saturated heterocycles. The van der Waals surface area contributed by atoms with E-state index in [1.54, 1.807) is 0 Å². The summed E-state index contributed by atoms with van der Waals surface area (Å²) in [7, 11) is 2.22. The summed E-state index contributed by atoms with van der Waals surface area (Å²) in [5, 5.41) is 13.7. The monoisotopic (exact) mass is 318 g/mol. The van der Waals surface area contributed by atoms with Crippen LogP contribution in [-0.2, 0) is 0 Å². The Balaban J connectivity index is 2.07. The molecule has 1 aromatic rings. The van der Waals surface area contributed by atoms with Gasteiger partial charge in [-0.25, -0.2) is 0 Å². The summed E-state index contributed by atoms with van der Waals surface area (Å²) >= 11 is 0. The predicted molar refractivity (Wildman–Crippen MR) is 97.7 cm³/mol. The molecule has 4 atom stereocenters. The largest absolute Gasteiger partial charge is 0.396 e. The average Bonchev–Trinajstić information content (AvgIpc) is 2.53. The maximum atomic E-state index is 9.86. The number of hydrogen-bond acceptors (Lipinski definition) is 3. The minimum atomic E-state index is -0.130. The molecule has 0 bridgehead atoms. The molecule has 0 saturated carbocycles. The van der Waals surface area contributed by atoms with Crippen LogP contribution in [0.25, 0.3) is 0 Å². The molecule has 0 aliphatic carbocycles. The van der Waals surface area contributed by atoms with E-state index < -0.39 is 0 Å². The summed E-state index contributed by atoms with van der Waals surface area (Å²) in [6.45, 7) is 11.2. The highest BCUT2D eigenvalue weighted by Gasteiger charge is 2.33. The third kappa shape index (κ3) is 4.56. The van der Waals surface area contributed by atoms with E-state index in [4.69, 9.17) is 0 Å². The molecule has 1 fully saturated rings. The van der Waals surface area contributed by atoms with E-state index >= 15 is 0 Å². The van der Waals surface area contributed by atoms with Crippen molar-refractivity contribution >= 4 is 0 Å². The fraction of sp³-hybridized carbons (Fsp3) is 0.700. The van der Waals surface area contributed by atoms with Crippen molar-refractivity contribution in [2.24, 2.45) is 11.3 Å². The maximum absolute atomic E-state index is 9.86. The van der Waals surface area contributed by atoms with Crippen molar-refractivity contribution in [3.8, 4) is 0 Å². The van der Waals surface area contributed by atoms with E-state index in [-0.39, 0.29) is 12.0 Å². The second-order valence-corrected chi connectivity index (χ2v) is 8.13. The molecule has 1 aliphatic rings. The van der Waals surface area contributed by atoms with Crippen LogP contribution >= 0.6 is 0 Å². The van der Waals surface area contributed by atoms with Gasteiger partial charge in [0.05, 0.1) is 0 Å².